The van der Waals surface area contributed by atoms with Gasteiger partial charge in [-0.25, -0.2) is 4.79 Å². The van der Waals surface area contributed by atoms with E-state index in [0.717, 1.165) is 0 Å². The van der Waals surface area contributed by atoms with E-state index in [2.05, 4.69) is 10.3 Å². The van der Waals surface area contributed by atoms with Crippen LogP contribution >= 0.6 is 0 Å². The van der Waals surface area contributed by atoms with Crippen LogP contribution in [0.25, 0.3) is 10.9 Å². The first-order valence-corrected chi connectivity index (χ1v) is 7.62. The number of aliphatic hydroxyl groups is 2. The summed E-state index contributed by atoms with van der Waals surface area (Å²) in [6.07, 6.45) is -1.74. The Morgan fingerprint density at radius 2 is 2.00 bits per heavy atom. The smallest absolute Gasteiger partial charge is 0.407 e. The van der Waals surface area contributed by atoms with Crippen molar-refractivity contribution in [3.05, 3.63) is 46.2 Å². The molecule has 7 heteroatoms. The molecular weight excluding hydrogens is 312 g/mol. The highest BCUT2D eigenvalue weighted by molar-refractivity contribution is 5.81. The summed E-state index contributed by atoms with van der Waals surface area (Å²) < 4.78 is 5.07. The largest absolute Gasteiger partial charge is 0.444 e. The number of nitrogens with one attached hydrogen (secondary N) is 2. The molecule has 2 rings (SSSR count). The molecule has 0 spiro atoms. The van der Waals surface area contributed by atoms with Crippen LogP contribution in [0, 0.1) is 0 Å². The van der Waals surface area contributed by atoms with Crippen molar-refractivity contribution in [1.82, 2.24) is 10.3 Å². The number of aliphatic hydroxyl groups excluding tert-OH is 2. The molecule has 4 N–H and O–H groups in total. The summed E-state index contributed by atoms with van der Waals surface area (Å²) in [5.41, 5.74) is -0.000328. The number of pyridine rings is 1. The number of ether oxygens (including phenoxy) is 1. The minimum absolute atomic E-state index is 0.181. The zero-order chi connectivity index (χ0) is 17.9. The molecule has 0 saturated carbocycles. The molecule has 0 fully saturated rings. The molecule has 1 heterocycles. The number of H-pyrrole nitrogens is 1. The molecule has 0 bridgehead atoms. The van der Waals surface area contributed by atoms with Gasteiger partial charge in [-0.15, -0.1) is 0 Å². The molecule has 24 heavy (non-hydrogen) atoms. The summed E-state index contributed by atoms with van der Waals surface area (Å²) >= 11 is 0. The quantitative estimate of drug-likeness (QED) is 0.676. The van der Waals surface area contributed by atoms with Gasteiger partial charge in [0.25, 0.3) is 0 Å². The Morgan fingerprint density at radius 3 is 2.67 bits per heavy atom. The Labute approximate surface area is 139 Å². The molecule has 1 aromatic heterocycles. The van der Waals surface area contributed by atoms with Crippen LogP contribution in [-0.2, 0) is 4.74 Å². The van der Waals surface area contributed by atoms with E-state index >= 15 is 0 Å². The maximum atomic E-state index is 11.8. The van der Waals surface area contributed by atoms with Crippen molar-refractivity contribution in [1.29, 1.82) is 0 Å². The first-order valence-electron chi connectivity index (χ1n) is 7.62. The zero-order valence-electron chi connectivity index (χ0n) is 13.9. The van der Waals surface area contributed by atoms with E-state index in [0.29, 0.717) is 16.5 Å². The van der Waals surface area contributed by atoms with Gasteiger partial charge in [-0.2, -0.15) is 0 Å². The highest BCUT2D eigenvalue weighted by atomic mass is 16.6. The number of alkyl carbamates (subject to hydrolysis) is 1. The fraction of sp³-hybridized carbons (Fsp3) is 0.412. The van der Waals surface area contributed by atoms with E-state index in [1.165, 1.54) is 12.3 Å². The summed E-state index contributed by atoms with van der Waals surface area (Å²) in [5.74, 6) is 0. The SMILES string of the molecule is CC(C)(C)OC(=O)NCC(O)C(O)c1cccc2c(=O)cc[nH]c12. The predicted octanol–water partition coefficient (Wildman–Crippen LogP) is 1.45. The second-order valence-electron chi connectivity index (χ2n) is 6.51. The number of hydrogen-bond donors (Lipinski definition) is 4. The first-order chi connectivity index (χ1) is 11.2. The Hall–Kier alpha value is -2.38. The molecule has 0 aliphatic heterocycles. The maximum absolute atomic E-state index is 11.8. The van der Waals surface area contributed by atoms with Crippen LogP contribution in [0.5, 0.6) is 0 Å². The molecule has 130 valence electrons. The highest BCUT2D eigenvalue weighted by Crippen LogP contribution is 2.23. The van der Waals surface area contributed by atoms with Gasteiger partial charge in [0.05, 0.1) is 5.52 Å². The zero-order valence-corrected chi connectivity index (χ0v) is 13.9. The monoisotopic (exact) mass is 334 g/mol. The van der Waals surface area contributed by atoms with Gasteiger partial charge >= 0.3 is 6.09 Å². The predicted molar refractivity (Wildman–Crippen MR) is 89.8 cm³/mol. The van der Waals surface area contributed by atoms with E-state index in [1.807, 2.05) is 0 Å². The topological polar surface area (TPSA) is 112 Å². The maximum Gasteiger partial charge on any atom is 0.407 e. The lowest BCUT2D eigenvalue weighted by Crippen LogP contribution is -2.38. The number of fused-ring (bicyclic) bond motifs is 1. The summed E-state index contributed by atoms with van der Waals surface area (Å²) in [7, 11) is 0. The molecule has 0 radical (unpaired) electrons. The molecule has 0 saturated heterocycles. The van der Waals surface area contributed by atoms with Crippen LogP contribution in [0.3, 0.4) is 0 Å². The Morgan fingerprint density at radius 1 is 1.29 bits per heavy atom. The minimum Gasteiger partial charge on any atom is -0.444 e. The van der Waals surface area contributed by atoms with Gasteiger partial charge in [0, 0.05) is 29.8 Å². The molecule has 2 unspecified atom stereocenters. The molecule has 7 nitrogen and oxygen atoms in total. The van der Waals surface area contributed by atoms with Gasteiger partial charge in [0.15, 0.2) is 5.43 Å². The third-order valence-corrected chi connectivity index (χ3v) is 3.36. The molecule has 1 amide bonds. The van der Waals surface area contributed by atoms with E-state index in [4.69, 9.17) is 4.74 Å². The average molecular weight is 334 g/mol. The second kappa shape index (κ2) is 7.02. The van der Waals surface area contributed by atoms with Crippen LogP contribution in [0.2, 0.25) is 0 Å². The van der Waals surface area contributed by atoms with Gasteiger partial charge in [-0.3, -0.25) is 4.79 Å². The van der Waals surface area contributed by atoms with Gasteiger partial charge in [-0.05, 0) is 26.8 Å². The summed E-state index contributed by atoms with van der Waals surface area (Å²) in [6, 6.07) is 6.26. The van der Waals surface area contributed by atoms with Crippen LogP contribution in [-0.4, -0.2) is 39.5 Å². The lowest BCUT2D eigenvalue weighted by Gasteiger charge is -2.22. The first kappa shape index (κ1) is 18.0. The van der Waals surface area contributed by atoms with Crippen LogP contribution < -0.4 is 10.7 Å². The number of benzene rings is 1. The summed E-state index contributed by atoms with van der Waals surface area (Å²) in [5, 5.41) is 23.3. The second-order valence-corrected chi connectivity index (χ2v) is 6.51. The van der Waals surface area contributed by atoms with E-state index < -0.39 is 23.9 Å². The molecule has 0 aliphatic carbocycles. The van der Waals surface area contributed by atoms with Crippen LogP contribution in [0.15, 0.2) is 35.3 Å². The fourth-order valence-electron chi connectivity index (χ4n) is 2.29. The molecule has 2 atom stereocenters. The number of rotatable bonds is 4. The highest BCUT2D eigenvalue weighted by Gasteiger charge is 2.23. The van der Waals surface area contributed by atoms with E-state index in [1.54, 1.807) is 39.0 Å². The van der Waals surface area contributed by atoms with Crippen LogP contribution in [0.1, 0.15) is 32.4 Å². The molecular formula is C17H22N2O5. The van der Waals surface area contributed by atoms with Gasteiger partial charge < -0.3 is 25.3 Å². The third kappa shape index (κ3) is 4.33. The van der Waals surface area contributed by atoms with Crippen molar-refractivity contribution in [2.75, 3.05) is 6.54 Å². The van der Waals surface area contributed by atoms with Crippen molar-refractivity contribution in [2.24, 2.45) is 0 Å². The number of para-hydroxylation sites is 1. The number of hydrogen-bond acceptors (Lipinski definition) is 5. The van der Waals surface area contributed by atoms with Crippen LogP contribution in [0.4, 0.5) is 4.79 Å². The van der Waals surface area contributed by atoms with Crippen molar-refractivity contribution in [3.63, 3.8) is 0 Å². The number of amides is 1. The molecule has 2 aromatic rings. The number of aromatic nitrogens is 1. The summed E-state index contributed by atoms with van der Waals surface area (Å²) in [4.78, 5) is 26.3. The molecule has 1 aromatic carbocycles. The number of aromatic amines is 1. The fourth-order valence-corrected chi connectivity index (χ4v) is 2.29. The standard InChI is InChI=1S/C17H22N2O5/c1-17(2,3)24-16(23)19-9-13(21)15(22)11-6-4-5-10-12(20)7-8-18-14(10)11/h4-8,13,15,21-22H,9H2,1-3H3,(H,18,20)(H,19,23). The van der Waals surface area contributed by atoms with Gasteiger partial charge in [0.2, 0.25) is 0 Å². The van der Waals surface area contributed by atoms with Gasteiger partial charge in [0.1, 0.15) is 17.8 Å². The lowest BCUT2D eigenvalue weighted by atomic mass is 10.0. The molecule has 0 aliphatic rings. The summed E-state index contributed by atoms with van der Waals surface area (Å²) in [6.45, 7) is 4.99. The minimum atomic E-state index is -1.28. The third-order valence-electron chi connectivity index (χ3n) is 3.36. The van der Waals surface area contributed by atoms with Crippen molar-refractivity contribution in [3.8, 4) is 0 Å². The average Bonchev–Trinajstić information content (AvgIpc) is 2.50. The van der Waals surface area contributed by atoms with E-state index in [9.17, 15) is 19.8 Å². The lowest BCUT2D eigenvalue weighted by molar-refractivity contribution is 0.0135. The number of carbonyl (C=O) groups excluding carboxylic acids is 1. The number of carbonyl (C=O) groups is 1. The van der Waals surface area contributed by atoms with Gasteiger partial charge in [-0.1, -0.05) is 12.1 Å². The van der Waals surface area contributed by atoms with E-state index in [-0.39, 0.29) is 12.0 Å². The normalized spacial score (nSPS) is 14.2. The Bertz CT molecular complexity index is 778. The Kier molecular flexibility index (Phi) is 5.26. The van der Waals surface area contributed by atoms with Crippen molar-refractivity contribution < 1.29 is 19.7 Å². The van der Waals surface area contributed by atoms with Crippen molar-refractivity contribution >= 4 is 17.0 Å². The Balaban J connectivity index is 2.11. The van der Waals surface area contributed by atoms with Crippen molar-refractivity contribution in [2.45, 2.75) is 38.6 Å².